The zero-order chi connectivity index (χ0) is 12.8. The van der Waals surface area contributed by atoms with E-state index in [1.807, 2.05) is 13.0 Å². The summed E-state index contributed by atoms with van der Waals surface area (Å²) < 4.78 is 0. The van der Waals surface area contributed by atoms with Gasteiger partial charge in [0.15, 0.2) is 0 Å². The quantitative estimate of drug-likeness (QED) is 0.797. The molecular formula is C13H24N4. The van der Waals surface area contributed by atoms with E-state index in [-0.39, 0.29) is 0 Å². The van der Waals surface area contributed by atoms with Gasteiger partial charge in [0.1, 0.15) is 17.5 Å². The van der Waals surface area contributed by atoms with Crippen LogP contribution in [-0.2, 0) is 0 Å². The topological polar surface area (TPSA) is 49.8 Å². The number of aryl methyl sites for hydroxylation is 1. The van der Waals surface area contributed by atoms with Crippen LogP contribution >= 0.6 is 0 Å². The molecule has 1 aromatic rings. The van der Waals surface area contributed by atoms with Crippen LogP contribution in [0.3, 0.4) is 0 Å². The summed E-state index contributed by atoms with van der Waals surface area (Å²) in [7, 11) is 0. The average molecular weight is 236 g/mol. The lowest BCUT2D eigenvalue weighted by Gasteiger charge is -2.12. The zero-order valence-electron chi connectivity index (χ0n) is 11.5. The molecule has 1 rings (SSSR count). The smallest absolute Gasteiger partial charge is 0.131 e. The predicted molar refractivity (Wildman–Crippen MR) is 73.4 cm³/mol. The van der Waals surface area contributed by atoms with Crippen molar-refractivity contribution < 1.29 is 0 Å². The number of rotatable bonds is 6. The van der Waals surface area contributed by atoms with E-state index < -0.39 is 0 Å². The van der Waals surface area contributed by atoms with Crippen molar-refractivity contribution in [3.05, 3.63) is 11.9 Å². The van der Waals surface area contributed by atoms with E-state index in [0.717, 1.165) is 30.5 Å². The van der Waals surface area contributed by atoms with E-state index in [0.29, 0.717) is 11.8 Å². The van der Waals surface area contributed by atoms with E-state index in [2.05, 4.69) is 48.3 Å². The Hall–Kier alpha value is -1.32. The van der Waals surface area contributed by atoms with Gasteiger partial charge in [-0.3, -0.25) is 0 Å². The lowest BCUT2D eigenvalue weighted by Crippen LogP contribution is -2.13. The SMILES string of the molecule is Cc1nc(NCC(C)C)cc(NCC(C)C)n1. The minimum absolute atomic E-state index is 0.609. The maximum Gasteiger partial charge on any atom is 0.131 e. The first-order valence-electron chi connectivity index (χ1n) is 6.30. The van der Waals surface area contributed by atoms with Gasteiger partial charge in [-0.05, 0) is 18.8 Å². The molecule has 0 saturated carbocycles. The Morgan fingerprint density at radius 2 is 1.35 bits per heavy atom. The van der Waals surface area contributed by atoms with Gasteiger partial charge >= 0.3 is 0 Å². The summed E-state index contributed by atoms with van der Waals surface area (Å²) in [5.41, 5.74) is 0. The van der Waals surface area contributed by atoms with Gasteiger partial charge in [0.25, 0.3) is 0 Å². The van der Waals surface area contributed by atoms with Crippen molar-refractivity contribution in [1.82, 2.24) is 9.97 Å². The van der Waals surface area contributed by atoms with Crippen molar-refractivity contribution in [3.8, 4) is 0 Å². The third-order valence-corrected chi connectivity index (χ3v) is 2.22. The Labute approximate surface area is 104 Å². The fraction of sp³-hybridized carbons (Fsp3) is 0.692. The van der Waals surface area contributed by atoms with Gasteiger partial charge in [0, 0.05) is 19.2 Å². The first kappa shape index (κ1) is 13.7. The second kappa shape index (κ2) is 6.42. The highest BCUT2D eigenvalue weighted by Crippen LogP contribution is 2.12. The van der Waals surface area contributed by atoms with Crippen LogP contribution < -0.4 is 10.6 Å². The molecule has 0 unspecified atom stereocenters. The third-order valence-electron chi connectivity index (χ3n) is 2.22. The van der Waals surface area contributed by atoms with E-state index in [1.54, 1.807) is 0 Å². The molecule has 1 heterocycles. The fourth-order valence-electron chi connectivity index (χ4n) is 1.37. The molecule has 0 atom stereocenters. The van der Waals surface area contributed by atoms with Gasteiger partial charge in [0.2, 0.25) is 0 Å². The molecule has 0 saturated heterocycles. The molecule has 0 aliphatic carbocycles. The number of anilines is 2. The van der Waals surface area contributed by atoms with Gasteiger partial charge < -0.3 is 10.6 Å². The Balaban J connectivity index is 2.65. The third kappa shape index (κ3) is 5.52. The number of hydrogen-bond donors (Lipinski definition) is 2. The minimum Gasteiger partial charge on any atom is -0.370 e. The maximum atomic E-state index is 4.37. The lowest BCUT2D eigenvalue weighted by molar-refractivity contribution is 0.683. The van der Waals surface area contributed by atoms with Crippen molar-refractivity contribution in [2.24, 2.45) is 11.8 Å². The second-order valence-electron chi connectivity index (χ2n) is 5.24. The van der Waals surface area contributed by atoms with Crippen LogP contribution in [0.1, 0.15) is 33.5 Å². The lowest BCUT2D eigenvalue weighted by atomic mass is 10.2. The zero-order valence-corrected chi connectivity index (χ0v) is 11.5. The molecule has 96 valence electrons. The van der Waals surface area contributed by atoms with Gasteiger partial charge in [-0.15, -0.1) is 0 Å². The van der Waals surface area contributed by atoms with Crippen LogP contribution in [0.2, 0.25) is 0 Å². The van der Waals surface area contributed by atoms with Gasteiger partial charge in [-0.2, -0.15) is 0 Å². The van der Waals surface area contributed by atoms with E-state index in [4.69, 9.17) is 0 Å². The van der Waals surface area contributed by atoms with Gasteiger partial charge in [0.05, 0.1) is 0 Å². The highest BCUT2D eigenvalue weighted by atomic mass is 15.1. The molecule has 4 nitrogen and oxygen atoms in total. The summed E-state index contributed by atoms with van der Waals surface area (Å²) in [5.74, 6) is 3.81. The summed E-state index contributed by atoms with van der Waals surface area (Å²) in [6.45, 7) is 12.5. The molecular weight excluding hydrogens is 212 g/mol. The van der Waals surface area contributed by atoms with Crippen molar-refractivity contribution in [2.45, 2.75) is 34.6 Å². The average Bonchev–Trinajstić information content (AvgIpc) is 2.23. The highest BCUT2D eigenvalue weighted by Gasteiger charge is 2.03. The van der Waals surface area contributed by atoms with Gasteiger partial charge in [-0.1, -0.05) is 27.7 Å². The van der Waals surface area contributed by atoms with Crippen LogP contribution in [0.15, 0.2) is 6.07 Å². The van der Waals surface area contributed by atoms with Crippen molar-refractivity contribution in [3.63, 3.8) is 0 Å². The van der Waals surface area contributed by atoms with Gasteiger partial charge in [-0.25, -0.2) is 9.97 Å². The number of aromatic nitrogens is 2. The molecule has 4 heteroatoms. The first-order valence-corrected chi connectivity index (χ1v) is 6.30. The standard InChI is InChI=1S/C13H24N4/c1-9(2)7-14-12-6-13(15-8-10(3)4)17-11(5)16-12/h6,9-10H,7-8H2,1-5H3,(H2,14,15,16,17). The Kier molecular flexibility index (Phi) is 5.19. The maximum absolute atomic E-state index is 4.37. The van der Waals surface area contributed by atoms with Crippen LogP contribution in [0.25, 0.3) is 0 Å². The Morgan fingerprint density at radius 3 is 1.71 bits per heavy atom. The van der Waals surface area contributed by atoms with Crippen LogP contribution in [0.4, 0.5) is 11.6 Å². The second-order valence-corrected chi connectivity index (χ2v) is 5.24. The van der Waals surface area contributed by atoms with E-state index >= 15 is 0 Å². The monoisotopic (exact) mass is 236 g/mol. The number of nitrogens with one attached hydrogen (secondary N) is 2. The number of nitrogens with zero attached hydrogens (tertiary/aromatic N) is 2. The first-order chi connectivity index (χ1) is 7.97. The summed E-state index contributed by atoms with van der Waals surface area (Å²) >= 11 is 0. The highest BCUT2D eigenvalue weighted by molar-refractivity contribution is 5.47. The molecule has 0 spiro atoms. The fourth-order valence-corrected chi connectivity index (χ4v) is 1.37. The normalized spacial score (nSPS) is 11.0. The van der Waals surface area contributed by atoms with Crippen molar-refractivity contribution in [2.75, 3.05) is 23.7 Å². The predicted octanol–water partition coefficient (Wildman–Crippen LogP) is 2.92. The molecule has 0 fully saturated rings. The Morgan fingerprint density at radius 1 is 0.941 bits per heavy atom. The molecule has 1 aromatic heterocycles. The molecule has 2 N–H and O–H groups in total. The molecule has 0 amide bonds. The molecule has 17 heavy (non-hydrogen) atoms. The molecule has 0 bridgehead atoms. The number of hydrogen-bond acceptors (Lipinski definition) is 4. The molecule has 0 aliphatic rings. The molecule has 0 aliphatic heterocycles. The van der Waals surface area contributed by atoms with Crippen LogP contribution in [-0.4, -0.2) is 23.1 Å². The summed E-state index contributed by atoms with van der Waals surface area (Å²) in [5, 5.41) is 6.64. The summed E-state index contributed by atoms with van der Waals surface area (Å²) in [4.78, 5) is 8.74. The Bertz CT molecular complexity index is 317. The van der Waals surface area contributed by atoms with E-state index in [1.165, 1.54) is 0 Å². The van der Waals surface area contributed by atoms with Crippen LogP contribution in [0.5, 0.6) is 0 Å². The minimum atomic E-state index is 0.609. The summed E-state index contributed by atoms with van der Waals surface area (Å²) in [6, 6.07) is 1.97. The molecule has 0 aromatic carbocycles. The van der Waals surface area contributed by atoms with E-state index in [9.17, 15) is 0 Å². The molecule has 0 radical (unpaired) electrons. The van der Waals surface area contributed by atoms with Crippen LogP contribution in [0, 0.1) is 18.8 Å². The van der Waals surface area contributed by atoms with Crippen molar-refractivity contribution in [1.29, 1.82) is 0 Å². The summed E-state index contributed by atoms with van der Waals surface area (Å²) in [6.07, 6.45) is 0. The van der Waals surface area contributed by atoms with Crippen molar-refractivity contribution >= 4 is 11.6 Å². The largest absolute Gasteiger partial charge is 0.370 e.